The average molecular weight is 230 g/mol. The molecule has 0 fully saturated rings. The summed E-state index contributed by atoms with van der Waals surface area (Å²) in [5.41, 5.74) is 5.93. The average Bonchev–Trinajstić information content (AvgIpc) is 2.23. The molecule has 0 aromatic carbocycles. The van der Waals surface area contributed by atoms with Gasteiger partial charge in [0.2, 0.25) is 0 Å². The molecule has 0 saturated carbocycles. The van der Waals surface area contributed by atoms with E-state index in [4.69, 9.17) is 10.5 Å². The quantitative estimate of drug-likeness (QED) is 0.659. The van der Waals surface area contributed by atoms with E-state index >= 15 is 0 Å². The molecule has 2 unspecified atom stereocenters. The van der Waals surface area contributed by atoms with Crippen molar-refractivity contribution in [3.63, 3.8) is 0 Å². The summed E-state index contributed by atoms with van der Waals surface area (Å²) in [7, 11) is 1.76. The van der Waals surface area contributed by atoms with Gasteiger partial charge in [-0.2, -0.15) is 0 Å². The highest BCUT2D eigenvalue weighted by molar-refractivity contribution is 4.80. The van der Waals surface area contributed by atoms with Crippen LogP contribution >= 0.6 is 0 Å². The van der Waals surface area contributed by atoms with Crippen LogP contribution in [0.2, 0.25) is 0 Å². The number of ether oxygens (including phenoxy) is 1. The van der Waals surface area contributed by atoms with E-state index in [1.807, 2.05) is 0 Å². The minimum absolute atomic E-state index is 0.482. The van der Waals surface area contributed by atoms with Gasteiger partial charge in [-0.3, -0.25) is 4.90 Å². The lowest BCUT2D eigenvalue weighted by Crippen LogP contribution is -2.49. The van der Waals surface area contributed by atoms with Crippen LogP contribution in [0.4, 0.5) is 0 Å². The van der Waals surface area contributed by atoms with Crippen molar-refractivity contribution in [1.29, 1.82) is 0 Å². The SMILES string of the molecule is CCCC(C)C(CN)N(CCOC)C(C)C. The first kappa shape index (κ1) is 15.9. The van der Waals surface area contributed by atoms with Crippen molar-refractivity contribution in [1.82, 2.24) is 4.90 Å². The van der Waals surface area contributed by atoms with E-state index in [1.54, 1.807) is 7.11 Å². The minimum Gasteiger partial charge on any atom is -0.383 e. The fourth-order valence-electron chi connectivity index (χ4n) is 2.35. The number of methoxy groups -OCH3 is 1. The highest BCUT2D eigenvalue weighted by atomic mass is 16.5. The molecular formula is C13H30N2O. The van der Waals surface area contributed by atoms with E-state index in [0.29, 0.717) is 18.0 Å². The number of hydrogen-bond acceptors (Lipinski definition) is 3. The molecule has 98 valence electrons. The summed E-state index contributed by atoms with van der Waals surface area (Å²) >= 11 is 0. The van der Waals surface area contributed by atoms with Gasteiger partial charge in [0.15, 0.2) is 0 Å². The molecule has 3 nitrogen and oxygen atoms in total. The molecular weight excluding hydrogens is 200 g/mol. The van der Waals surface area contributed by atoms with E-state index in [0.717, 1.165) is 19.7 Å². The third kappa shape index (κ3) is 5.28. The van der Waals surface area contributed by atoms with Crippen molar-refractivity contribution < 1.29 is 4.74 Å². The predicted molar refractivity (Wildman–Crippen MR) is 70.6 cm³/mol. The van der Waals surface area contributed by atoms with Crippen molar-refractivity contribution in [2.75, 3.05) is 26.8 Å². The Morgan fingerprint density at radius 3 is 2.25 bits per heavy atom. The Balaban J connectivity index is 4.43. The number of hydrogen-bond donors (Lipinski definition) is 1. The summed E-state index contributed by atoms with van der Waals surface area (Å²) in [6, 6.07) is 1.01. The zero-order valence-corrected chi connectivity index (χ0v) is 11.7. The molecule has 0 spiro atoms. The van der Waals surface area contributed by atoms with Crippen LogP contribution < -0.4 is 5.73 Å². The molecule has 16 heavy (non-hydrogen) atoms. The van der Waals surface area contributed by atoms with Crippen molar-refractivity contribution in [3.8, 4) is 0 Å². The first-order valence-electron chi connectivity index (χ1n) is 6.53. The van der Waals surface area contributed by atoms with Crippen LogP contribution in [0.15, 0.2) is 0 Å². The lowest BCUT2D eigenvalue weighted by atomic mass is 9.94. The molecule has 2 N–H and O–H groups in total. The van der Waals surface area contributed by atoms with E-state index in [2.05, 4.69) is 32.6 Å². The van der Waals surface area contributed by atoms with Crippen LogP contribution in [-0.2, 0) is 4.74 Å². The van der Waals surface area contributed by atoms with Gasteiger partial charge in [-0.05, 0) is 26.2 Å². The van der Waals surface area contributed by atoms with E-state index < -0.39 is 0 Å². The molecule has 3 heteroatoms. The summed E-state index contributed by atoms with van der Waals surface area (Å²) in [6.07, 6.45) is 2.48. The maximum absolute atomic E-state index is 5.93. The van der Waals surface area contributed by atoms with Gasteiger partial charge in [-0.1, -0.05) is 20.3 Å². The Kier molecular flexibility index (Phi) is 8.90. The number of rotatable bonds is 9. The molecule has 0 radical (unpaired) electrons. The Bertz CT molecular complexity index is 162. The maximum atomic E-state index is 5.93. The summed E-state index contributed by atoms with van der Waals surface area (Å²) in [6.45, 7) is 11.5. The van der Waals surface area contributed by atoms with Gasteiger partial charge in [0.05, 0.1) is 6.61 Å². The third-order valence-corrected chi connectivity index (χ3v) is 3.29. The fraction of sp³-hybridized carbons (Fsp3) is 1.00. The van der Waals surface area contributed by atoms with Gasteiger partial charge in [0.1, 0.15) is 0 Å². The smallest absolute Gasteiger partial charge is 0.0589 e. The monoisotopic (exact) mass is 230 g/mol. The van der Waals surface area contributed by atoms with Crippen molar-refractivity contribution in [2.24, 2.45) is 11.7 Å². The molecule has 0 amide bonds. The Hall–Kier alpha value is -0.120. The third-order valence-electron chi connectivity index (χ3n) is 3.29. The highest BCUT2D eigenvalue weighted by Gasteiger charge is 2.24. The molecule has 0 saturated heterocycles. The molecule has 0 aliphatic heterocycles. The van der Waals surface area contributed by atoms with Crippen molar-refractivity contribution >= 4 is 0 Å². The minimum atomic E-state index is 0.482. The molecule has 0 rings (SSSR count). The standard InChI is InChI=1S/C13H30N2O/c1-6-7-12(4)13(10-14)15(11(2)3)8-9-16-5/h11-13H,6-10,14H2,1-5H3. The number of nitrogens with two attached hydrogens (primary N) is 1. The lowest BCUT2D eigenvalue weighted by molar-refractivity contribution is 0.0735. The zero-order chi connectivity index (χ0) is 12.6. The molecule has 0 bridgehead atoms. The van der Waals surface area contributed by atoms with Crippen LogP contribution in [0.3, 0.4) is 0 Å². The summed E-state index contributed by atoms with van der Waals surface area (Å²) < 4.78 is 5.17. The van der Waals surface area contributed by atoms with Gasteiger partial charge in [0.25, 0.3) is 0 Å². The lowest BCUT2D eigenvalue weighted by Gasteiger charge is -2.37. The Morgan fingerprint density at radius 1 is 1.25 bits per heavy atom. The second-order valence-corrected chi connectivity index (χ2v) is 4.89. The molecule has 0 heterocycles. The zero-order valence-electron chi connectivity index (χ0n) is 11.7. The van der Waals surface area contributed by atoms with E-state index in [-0.39, 0.29) is 0 Å². The maximum Gasteiger partial charge on any atom is 0.0589 e. The first-order chi connectivity index (χ1) is 7.58. The second-order valence-electron chi connectivity index (χ2n) is 4.89. The molecule has 0 aliphatic carbocycles. The highest BCUT2D eigenvalue weighted by Crippen LogP contribution is 2.18. The summed E-state index contributed by atoms with van der Waals surface area (Å²) in [5, 5.41) is 0. The molecule has 2 atom stereocenters. The fourth-order valence-corrected chi connectivity index (χ4v) is 2.35. The van der Waals surface area contributed by atoms with Crippen molar-refractivity contribution in [3.05, 3.63) is 0 Å². The van der Waals surface area contributed by atoms with Crippen LogP contribution in [0, 0.1) is 5.92 Å². The Labute approximate surface area is 101 Å². The van der Waals surface area contributed by atoms with Crippen LogP contribution in [-0.4, -0.2) is 43.8 Å². The summed E-state index contributed by atoms with van der Waals surface area (Å²) in [5.74, 6) is 0.661. The first-order valence-corrected chi connectivity index (χ1v) is 6.53. The normalized spacial score (nSPS) is 15.8. The van der Waals surface area contributed by atoms with Crippen LogP contribution in [0.5, 0.6) is 0 Å². The van der Waals surface area contributed by atoms with Gasteiger partial charge < -0.3 is 10.5 Å². The van der Waals surface area contributed by atoms with Gasteiger partial charge in [-0.25, -0.2) is 0 Å². The molecule has 0 aliphatic rings. The topological polar surface area (TPSA) is 38.5 Å². The van der Waals surface area contributed by atoms with Crippen LogP contribution in [0.25, 0.3) is 0 Å². The van der Waals surface area contributed by atoms with E-state index in [9.17, 15) is 0 Å². The van der Waals surface area contributed by atoms with Crippen molar-refractivity contribution in [2.45, 2.75) is 52.6 Å². The molecule has 0 aromatic heterocycles. The summed E-state index contributed by atoms with van der Waals surface area (Å²) in [4.78, 5) is 2.48. The Morgan fingerprint density at radius 2 is 1.88 bits per heavy atom. The van der Waals surface area contributed by atoms with Gasteiger partial charge in [-0.15, -0.1) is 0 Å². The number of nitrogens with zero attached hydrogens (tertiary/aromatic N) is 1. The van der Waals surface area contributed by atoms with Gasteiger partial charge in [0, 0.05) is 32.3 Å². The van der Waals surface area contributed by atoms with E-state index in [1.165, 1.54) is 12.8 Å². The van der Waals surface area contributed by atoms with Gasteiger partial charge >= 0.3 is 0 Å². The second kappa shape index (κ2) is 8.97. The largest absolute Gasteiger partial charge is 0.383 e. The predicted octanol–water partition coefficient (Wildman–Crippen LogP) is 2.11. The molecule has 0 aromatic rings. The van der Waals surface area contributed by atoms with Crippen LogP contribution in [0.1, 0.15) is 40.5 Å².